The third-order valence-corrected chi connectivity index (χ3v) is 4.13. The number of benzene rings is 2. The molecule has 1 N–H and O–H groups in total. The second kappa shape index (κ2) is 6.43. The van der Waals surface area contributed by atoms with Crippen LogP contribution in [0.15, 0.2) is 42.5 Å². The van der Waals surface area contributed by atoms with Crippen LogP contribution in [0.25, 0.3) is 0 Å². The summed E-state index contributed by atoms with van der Waals surface area (Å²) in [5, 5.41) is 2.74. The summed E-state index contributed by atoms with van der Waals surface area (Å²) in [6, 6.07) is 11.5. The van der Waals surface area contributed by atoms with E-state index in [9.17, 15) is 14.0 Å². The van der Waals surface area contributed by atoms with E-state index in [1.165, 1.54) is 24.3 Å². The number of nitrogens with one attached hydrogen (secondary N) is 1. The second-order valence-electron chi connectivity index (χ2n) is 6.25. The van der Waals surface area contributed by atoms with Crippen molar-refractivity contribution in [1.29, 1.82) is 0 Å². The van der Waals surface area contributed by atoms with Gasteiger partial charge in [-0.2, -0.15) is 0 Å². The molecule has 1 atom stereocenters. The van der Waals surface area contributed by atoms with Crippen molar-refractivity contribution < 1.29 is 14.0 Å². The summed E-state index contributed by atoms with van der Waals surface area (Å²) in [6.07, 6.45) is 0.181. The first kappa shape index (κ1) is 16.2. The first-order chi connectivity index (χ1) is 11.4. The van der Waals surface area contributed by atoms with Gasteiger partial charge in [-0.1, -0.05) is 6.07 Å². The number of hydrogen-bond acceptors (Lipinski definition) is 2. The normalized spacial score (nSPS) is 17.2. The number of carbonyl (C=O) groups is 2. The van der Waals surface area contributed by atoms with Gasteiger partial charge in [-0.25, -0.2) is 4.39 Å². The highest BCUT2D eigenvalue weighted by molar-refractivity contribution is 6.03. The summed E-state index contributed by atoms with van der Waals surface area (Å²) in [5.74, 6) is -1.05. The molecule has 0 unspecified atom stereocenters. The Balaban J connectivity index is 1.71. The van der Waals surface area contributed by atoms with Crippen LogP contribution in [0, 0.1) is 25.6 Å². The van der Waals surface area contributed by atoms with Gasteiger partial charge in [0.25, 0.3) is 0 Å². The molecule has 1 aliphatic rings. The van der Waals surface area contributed by atoms with E-state index in [1.54, 1.807) is 4.90 Å². The monoisotopic (exact) mass is 326 g/mol. The van der Waals surface area contributed by atoms with Gasteiger partial charge in [-0.15, -0.1) is 0 Å². The highest BCUT2D eigenvalue weighted by Crippen LogP contribution is 2.27. The maximum Gasteiger partial charge on any atom is 0.229 e. The van der Waals surface area contributed by atoms with Crippen molar-refractivity contribution in [2.45, 2.75) is 20.3 Å². The zero-order valence-electron chi connectivity index (χ0n) is 13.7. The van der Waals surface area contributed by atoms with Crippen molar-refractivity contribution in [3.63, 3.8) is 0 Å². The largest absolute Gasteiger partial charge is 0.326 e. The molecule has 5 heteroatoms. The maximum absolute atomic E-state index is 12.9. The molecule has 124 valence electrons. The number of aryl methyl sites for hydroxylation is 2. The number of hydrogen-bond donors (Lipinski definition) is 1. The van der Waals surface area contributed by atoms with E-state index in [1.807, 2.05) is 32.0 Å². The standard InChI is InChI=1S/C19H19FN2O2/c1-12-7-13(2)9-17(8-12)22-11-14(10-18(22)23)19(24)21-16-5-3-15(20)4-6-16/h3-9,14H,10-11H2,1-2H3,(H,21,24)/t14-/m0/s1. The molecule has 2 aromatic rings. The lowest BCUT2D eigenvalue weighted by molar-refractivity contribution is -0.122. The smallest absolute Gasteiger partial charge is 0.229 e. The third kappa shape index (κ3) is 3.45. The van der Waals surface area contributed by atoms with Crippen LogP contribution in [0.5, 0.6) is 0 Å². The molecule has 0 aromatic heterocycles. The number of anilines is 2. The summed E-state index contributed by atoms with van der Waals surface area (Å²) in [5.41, 5.74) is 3.52. The van der Waals surface area contributed by atoms with E-state index < -0.39 is 5.92 Å². The SMILES string of the molecule is Cc1cc(C)cc(N2C[C@@H](C(=O)Nc3ccc(F)cc3)CC2=O)c1. The first-order valence-corrected chi connectivity index (χ1v) is 7.87. The second-order valence-corrected chi connectivity index (χ2v) is 6.25. The lowest BCUT2D eigenvalue weighted by Crippen LogP contribution is -2.28. The zero-order chi connectivity index (χ0) is 17.3. The number of halogens is 1. The molecule has 3 rings (SSSR count). The van der Waals surface area contributed by atoms with Crippen molar-refractivity contribution in [3.8, 4) is 0 Å². The molecule has 0 spiro atoms. The molecule has 1 aliphatic heterocycles. The lowest BCUT2D eigenvalue weighted by atomic mass is 10.1. The molecule has 2 amide bonds. The molecular formula is C19H19FN2O2. The quantitative estimate of drug-likeness (QED) is 0.939. The summed E-state index contributed by atoms with van der Waals surface area (Å²) < 4.78 is 12.9. The molecule has 1 fully saturated rings. The van der Waals surface area contributed by atoms with Gasteiger partial charge < -0.3 is 10.2 Å². The molecule has 4 nitrogen and oxygen atoms in total. The minimum absolute atomic E-state index is 0.0562. The number of amides is 2. The van der Waals surface area contributed by atoms with Crippen molar-refractivity contribution in [2.24, 2.45) is 5.92 Å². The van der Waals surface area contributed by atoms with E-state index in [2.05, 4.69) is 5.32 Å². The van der Waals surface area contributed by atoms with Crippen LogP contribution < -0.4 is 10.2 Å². The van der Waals surface area contributed by atoms with Crippen LogP contribution in [0.4, 0.5) is 15.8 Å². The van der Waals surface area contributed by atoms with Crippen LogP contribution in [-0.4, -0.2) is 18.4 Å². The lowest BCUT2D eigenvalue weighted by Gasteiger charge is -2.18. The Bertz CT molecular complexity index is 766. The molecule has 24 heavy (non-hydrogen) atoms. The highest BCUT2D eigenvalue weighted by Gasteiger charge is 2.35. The molecule has 1 heterocycles. The molecule has 0 bridgehead atoms. The molecule has 0 aliphatic carbocycles. The maximum atomic E-state index is 12.9. The number of carbonyl (C=O) groups excluding carboxylic acids is 2. The zero-order valence-corrected chi connectivity index (χ0v) is 13.7. The van der Waals surface area contributed by atoms with Gasteiger partial charge in [0.1, 0.15) is 5.82 Å². The van der Waals surface area contributed by atoms with Crippen molar-refractivity contribution in [3.05, 3.63) is 59.4 Å². The third-order valence-electron chi connectivity index (χ3n) is 4.13. The van der Waals surface area contributed by atoms with E-state index >= 15 is 0 Å². The van der Waals surface area contributed by atoms with Crippen LogP contribution in [0.1, 0.15) is 17.5 Å². The van der Waals surface area contributed by atoms with Crippen LogP contribution >= 0.6 is 0 Å². The first-order valence-electron chi connectivity index (χ1n) is 7.87. The summed E-state index contributed by atoms with van der Waals surface area (Å²) in [4.78, 5) is 26.3. The molecule has 0 saturated carbocycles. The topological polar surface area (TPSA) is 49.4 Å². The Morgan fingerprint density at radius 3 is 2.38 bits per heavy atom. The molecule has 0 radical (unpaired) electrons. The van der Waals surface area contributed by atoms with Gasteiger partial charge >= 0.3 is 0 Å². The van der Waals surface area contributed by atoms with Gasteiger partial charge in [0.2, 0.25) is 11.8 Å². The fourth-order valence-electron chi connectivity index (χ4n) is 3.02. The fourth-order valence-corrected chi connectivity index (χ4v) is 3.02. The van der Waals surface area contributed by atoms with E-state index in [-0.39, 0.29) is 24.1 Å². The predicted octanol–water partition coefficient (Wildman–Crippen LogP) is 3.43. The van der Waals surface area contributed by atoms with Gasteiger partial charge in [0.05, 0.1) is 5.92 Å². The van der Waals surface area contributed by atoms with Crippen molar-refractivity contribution in [2.75, 3.05) is 16.8 Å². The molecule has 1 saturated heterocycles. The van der Waals surface area contributed by atoms with Gasteiger partial charge in [-0.05, 0) is 61.4 Å². The number of nitrogens with zero attached hydrogens (tertiary/aromatic N) is 1. The van der Waals surface area contributed by atoms with Gasteiger partial charge in [0, 0.05) is 24.3 Å². The van der Waals surface area contributed by atoms with Crippen LogP contribution in [-0.2, 0) is 9.59 Å². The minimum atomic E-state index is -0.414. The average molecular weight is 326 g/mol. The van der Waals surface area contributed by atoms with Gasteiger partial charge in [-0.3, -0.25) is 9.59 Å². The highest BCUT2D eigenvalue weighted by atomic mass is 19.1. The average Bonchev–Trinajstić information content (AvgIpc) is 2.91. The van der Waals surface area contributed by atoms with Crippen molar-refractivity contribution in [1.82, 2.24) is 0 Å². The summed E-state index contributed by atoms with van der Waals surface area (Å²) >= 11 is 0. The van der Waals surface area contributed by atoms with E-state index in [0.29, 0.717) is 12.2 Å². The molecule has 2 aromatic carbocycles. The fraction of sp³-hybridized carbons (Fsp3) is 0.263. The predicted molar refractivity (Wildman–Crippen MR) is 91.4 cm³/mol. The summed E-state index contributed by atoms with van der Waals surface area (Å²) in [6.45, 7) is 4.32. The Hall–Kier alpha value is -2.69. The minimum Gasteiger partial charge on any atom is -0.326 e. The Kier molecular flexibility index (Phi) is 4.34. The van der Waals surface area contributed by atoms with E-state index in [0.717, 1.165) is 16.8 Å². The Labute approximate surface area is 140 Å². The van der Waals surface area contributed by atoms with Crippen LogP contribution in [0.3, 0.4) is 0 Å². The van der Waals surface area contributed by atoms with Gasteiger partial charge in [0.15, 0.2) is 0 Å². The summed E-state index contributed by atoms with van der Waals surface area (Å²) in [7, 11) is 0. The van der Waals surface area contributed by atoms with Crippen LogP contribution in [0.2, 0.25) is 0 Å². The number of rotatable bonds is 3. The van der Waals surface area contributed by atoms with E-state index in [4.69, 9.17) is 0 Å². The Morgan fingerprint density at radius 2 is 1.75 bits per heavy atom. The Morgan fingerprint density at radius 1 is 1.12 bits per heavy atom. The van der Waals surface area contributed by atoms with Crippen molar-refractivity contribution >= 4 is 23.2 Å². The molecular weight excluding hydrogens is 307 g/mol.